The summed E-state index contributed by atoms with van der Waals surface area (Å²) in [6.45, 7) is 20.2. The van der Waals surface area contributed by atoms with E-state index in [2.05, 4.69) is 53.4 Å². The van der Waals surface area contributed by atoms with Gasteiger partial charge in [0.2, 0.25) is 0 Å². The van der Waals surface area contributed by atoms with Gasteiger partial charge in [-0.1, -0.05) is 46.8 Å². The summed E-state index contributed by atoms with van der Waals surface area (Å²) in [5.41, 5.74) is 2.84. The van der Waals surface area contributed by atoms with Gasteiger partial charge in [0.15, 0.2) is 0 Å². The van der Waals surface area contributed by atoms with E-state index in [9.17, 15) is 10.2 Å². The lowest BCUT2D eigenvalue weighted by molar-refractivity contribution is -0.241. The number of aliphatic hydroxyl groups excluding tert-OH is 2. The molecular weight excluding hydrogens is 418 g/mol. The molecule has 5 fully saturated rings. The monoisotopic (exact) mass is 471 g/mol. The van der Waals surface area contributed by atoms with Gasteiger partial charge in [0.05, 0.1) is 6.73 Å². The molecular formula is C31H53NO2. The van der Waals surface area contributed by atoms with E-state index in [4.69, 9.17) is 0 Å². The van der Waals surface area contributed by atoms with Crippen molar-refractivity contribution in [1.82, 2.24) is 5.32 Å². The normalized spacial score (nSPS) is 53.9. The maximum absolute atomic E-state index is 10.7. The number of hydrogen-bond acceptors (Lipinski definition) is 3. The Morgan fingerprint density at radius 1 is 0.824 bits per heavy atom. The number of allylic oxidation sites excluding steroid dienone is 1. The van der Waals surface area contributed by atoms with Gasteiger partial charge in [-0.05, 0) is 128 Å². The molecule has 0 spiro atoms. The Morgan fingerprint density at radius 3 is 2.21 bits per heavy atom. The Kier molecular flexibility index (Phi) is 5.99. The minimum atomic E-state index is 0.0936. The molecule has 3 heteroatoms. The molecule has 3 N–H and O–H groups in total. The van der Waals surface area contributed by atoms with Crippen molar-refractivity contribution in [2.45, 2.75) is 112 Å². The Balaban J connectivity index is 1.51. The van der Waals surface area contributed by atoms with Gasteiger partial charge in [-0.15, -0.1) is 0 Å². The molecule has 5 aliphatic carbocycles. The second kappa shape index (κ2) is 8.06. The molecule has 0 radical (unpaired) electrons. The van der Waals surface area contributed by atoms with E-state index >= 15 is 0 Å². The van der Waals surface area contributed by atoms with Gasteiger partial charge < -0.3 is 10.2 Å². The van der Waals surface area contributed by atoms with Crippen molar-refractivity contribution in [2.24, 2.45) is 56.7 Å². The third-order valence-corrected chi connectivity index (χ3v) is 13.9. The lowest BCUT2D eigenvalue weighted by Gasteiger charge is -2.73. The van der Waals surface area contributed by atoms with Crippen molar-refractivity contribution >= 4 is 0 Å². The van der Waals surface area contributed by atoms with Gasteiger partial charge in [0.1, 0.15) is 0 Å². The third kappa shape index (κ3) is 3.05. The highest BCUT2D eigenvalue weighted by molar-refractivity contribution is 5.21. The highest BCUT2D eigenvalue weighted by Crippen LogP contribution is 2.77. The van der Waals surface area contributed by atoms with Crippen molar-refractivity contribution < 1.29 is 10.2 Å². The first kappa shape index (κ1) is 25.3. The molecule has 0 aliphatic heterocycles. The van der Waals surface area contributed by atoms with Gasteiger partial charge >= 0.3 is 0 Å². The van der Waals surface area contributed by atoms with Crippen molar-refractivity contribution in [2.75, 3.05) is 13.3 Å². The first-order chi connectivity index (χ1) is 15.9. The second-order valence-corrected chi connectivity index (χ2v) is 15.0. The van der Waals surface area contributed by atoms with Crippen LogP contribution in [0.15, 0.2) is 12.2 Å². The molecule has 5 saturated carbocycles. The average molecular weight is 472 g/mol. The summed E-state index contributed by atoms with van der Waals surface area (Å²) in [6, 6.07) is 0.418. The Bertz CT molecular complexity index is 822. The van der Waals surface area contributed by atoms with E-state index < -0.39 is 0 Å². The lowest BCUT2D eigenvalue weighted by atomic mass is 9.32. The Morgan fingerprint density at radius 2 is 1.56 bits per heavy atom. The molecule has 3 nitrogen and oxygen atoms in total. The predicted octanol–water partition coefficient (Wildman–Crippen LogP) is 6.54. The quantitative estimate of drug-likeness (QED) is 0.322. The molecule has 0 unspecified atom stereocenters. The van der Waals surface area contributed by atoms with Crippen LogP contribution in [0.25, 0.3) is 0 Å². The highest BCUT2D eigenvalue weighted by Gasteiger charge is 2.70. The predicted molar refractivity (Wildman–Crippen MR) is 140 cm³/mol. The Labute approximate surface area is 209 Å². The van der Waals surface area contributed by atoms with E-state index in [1.807, 2.05) is 0 Å². The molecule has 5 aliphatic rings. The van der Waals surface area contributed by atoms with Crippen LogP contribution in [0.2, 0.25) is 0 Å². The maximum Gasteiger partial charge on any atom is 0.0933 e. The summed E-state index contributed by atoms with van der Waals surface area (Å²) in [5, 5.41) is 23.8. The van der Waals surface area contributed by atoms with E-state index in [-0.39, 0.29) is 17.6 Å². The van der Waals surface area contributed by atoms with Crippen LogP contribution in [-0.4, -0.2) is 29.6 Å². The molecule has 0 saturated heterocycles. The van der Waals surface area contributed by atoms with Crippen LogP contribution in [-0.2, 0) is 0 Å². The van der Waals surface area contributed by atoms with Crippen molar-refractivity contribution in [3.8, 4) is 0 Å². The smallest absolute Gasteiger partial charge is 0.0933 e. The third-order valence-electron chi connectivity index (χ3n) is 13.9. The zero-order valence-electron chi connectivity index (χ0n) is 23.1. The highest BCUT2D eigenvalue weighted by atomic mass is 16.3. The van der Waals surface area contributed by atoms with Crippen LogP contribution in [0.4, 0.5) is 0 Å². The largest absolute Gasteiger partial charge is 0.396 e. The van der Waals surface area contributed by atoms with Crippen LogP contribution in [0.1, 0.15) is 106 Å². The van der Waals surface area contributed by atoms with E-state index in [0.29, 0.717) is 46.6 Å². The summed E-state index contributed by atoms with van der Waals surface area (Å²) in [4.78, 5) is 0. The van der Waals surface area contributed by atoms with Gasteiger partial charge in [-0.2, -0.15) is 0 Å². The molecule has 0 heterocycles. The molecule has 0 bridgehead atoms. The molecule has 10 atom stereocenters. The van der Waals surface area contributed by atoms with Crippen LogP contribution in [0.5, 0.6) is 0 Å². The molecule has 0 aromatic heterocycles. The Hall–Kier alpha value is -0.380. The van der Waals surface area contributed by atoms with E-state index in [1.54, 1.807) is 0 Å². The van der Waals surface area contributed by atoms with Crippen LogP contribution >= 0.6 is 0 Å². The topological polar surface area (TPSA) is 52.5 Å². The van der Waals surface area contributed by atoms with Crippen LogP contribution in [0.3, 0.4) is 0 Å². The summed E-state index contributed by atoms with van der Waals surface area (Å²) in [5.74, 6) is 3.44. The molecule has 5 rings (SSSR count). The number of hydrogen-bond donors (Lipinski definition) is 3. The number of rotatable bonds is 4. The summed E-state index contributed by atoms with van der Waals surface area (Å²) in [6.07, 6.45) is 12.8. The second-order valence-electron chi connectivity index (χ2n) is 15.0. The molecule has 0 aromatic carbocycles. The first-order valence-corrected chi connectivity index (χ1v) is 14.5. The first-order valence-electron chi connectivity index (χ1n) is 14.5. The minimum Gasteiger partial charge on any atom is -0.396 e. The van der Waals surface area contributed by atoms with Crippen molar-refractivity contribution in [1.29, 1.82) is 0 Å². The summed E-state index contributed by atoms with van der Waals surface area (Å²) < 4.78 is 0. The van der Waals surface area contributed by atoms with Gasteiger partial charge in [0.25, 0.3) is 0 Å². The number of aliphatic hydroxyl groups is 2. The van der Waals surface area contributed by atoms with Gasteiger partial charge in [-0.25, -0.2) is 0 Å². The molecule has 194 valence electrons. The van der Waals surface area contributed by atoms with E-state index in [1.165, 1.54) is 69.8 Å². The molecule has 0 aromatic rings. The average Bonchev–Trinajstić information content (AvgIpc) is 3.17. The van der Waals surface area contributed by atoms with Gasteiger partial charge in [-0.3, -0.25) is 5.32 Å². The zero-order valence-corrected chi connectivity index (χ0v) is 23.1. The van der Waals surface area contributed by atoms with Gasteiger partial charge in [0, 0.05) is 12.6 Å². The van der Waals surface area contributed by atoms with Crippen LogP contribution in [0, 0.1) is 56.7 Å². The zero-order chi connectivity index (χ0) is 24.7. The fourth-order valence-corrected chi connectivity index (χ4v) is 12.0. The molecule has 0 amide bonds. The standard InChI is InChI=1S/C31H53NO2/c1-20(2)21-10-15-31(18-33)17-16-29(6)22(26(21)31)8-9-24-28(5)13-12-25(32-19-34)27(3,4)23(28)11-14-30(24,29)7/h21-26,32-34H,1,8-19H2,2-7H3/t21-,22+,23-,24+,25-,26+,28-,29+,30+,31+/m0/s1. The molecule has 34 heavy (non-hydrogen) atoms. The van der Waals surface area contributed by atoms with Crippen molar-refractivity contribution in [3.05, 3.63) is 12.2 Å². The van der Waals surface area contributed by atoms with Crippen molar-refractivity contribution in [3.63, 3.8) is 0 Å². The summed E-state index contributed by atoms with van der Waals surface area (Å²) >= 11 is 0. The fraction of sp³-hybridized carbons (Fsp3) is 0.935. The SMILES string of the molecule is C=C(C)[C@@H]1CC[C@]2(CO)CC[C@]3(C)[C@H](CC[C@@H]4[C@@]5(C)CC[C@H](NCO)C(C)(C)[C@@H]5CC[C@]43C)[C@@H]12. The summed E-state index contributed by atoms with van der Waals surface area (Å²) in [7, 11) is 0. The fourth-order valence-electron chi connectivity index (χ4n) is 12.0. The van der Waals surface area contributed by atoms with Crippen LogP contribution < -0.4 is 5.32 Å². The lowest BCUT2D eigenvalue weighted by Crippen LogP contribution is -2.67. The minimum absolute atomic E-state index is 0.0936. The number of nitrogens with one attached hydrogen (secondary N) is 1. The van der Waals surface area contributed by atoms with E-state index in [0.717, 1.165) is 11.8 Å². The number of fused-ring (bicyclic) bond motifs is 7. The maximum atomic E-state index is 10.7.